The third-order valence-corrected chi connectivity index (χ3v) is 3.73. The lowest BCUT2D eigenvalue weighted by molar-refractivity contribution is -0.143. The normalized spacial score (nSPS) is 18.1. The molecule has 0 fully saturated rings. The van der Waals surface area contributed by atoms with E-state index in [2.05, 4.69) is 5.16 Å². The van der Waals surface area contributed by atoms with Crippen LogP contribution in [0.4, 0.5) is 0 Å². The highest BCUT2D eigenvalue weighted by atomic mass is 16.7. The molecule has 2 aromatic carbocycles. The molecule has 0 bridgehead atoms. The topological polar surface area (TPSA) is 47.9 Å². The highest BCUT2D eigenvalue weighted by Crippen LogP contribution is 2.35. The van der Waals surface area contributed by atoms with Crippen molar-refractivity contribution in [2.75, 3.05) is 0 Å². The van der Waals surface area contributed by atoms with Gasteiger partial charge in [-0.15, -0.1) is 0 Å². The maximum absolute atomic E-state index is 11.6. The molecule has 3 rings (SSSR count). The maximum atomic E-state index is 11.6. The van der Waals surface area contributed by atoms with Gasteiger partial charge in [-0.25, -0.2) is 4.79 Å². The molecule has 0 radical (unpaired) electrons. The van der Waals surface area contributed by atoms with Gasteiger partial charge in [-0.1, -0.05) is 54.5 Å². The van der Waals surface area contributed by atoms with Gasteiger partial charge in [-0.2, -0.15) is 0 Å². The molecule has 0 saturated heterocycles. The summed E-state index contributed by atoms with van der Waals surface area (Å²) in [6.45, 7) is 1.93. The SMILES string of the molecule is CCCC(=O)O/N=C1\C[C@@H](c2ccccc2)Oc2ccccc21. The summed E-state index contributed by atoms with van der Waals surface area (Å²) in [5, 5.41) is 4.11. The van der Waals surface area contributed by atoms with Crippen molar-refractivity contribution < 1.29 is 14.4 Å². The van der Waals surface area contributed by atoms with E-state index in [4.69, 9.17) is 9.57 Å². The quantitative estimate of drug-likeness (QED) is 0.626. The second kappa shape index (κ2) is 7.09. The molecule has 0 unspecified atom stereocenters. The smallest absolute Gasteiger partial charge is 0.335 e. The van der Waals surface area contributed by atoms with Gasteiger partial charge in [-0.05, 0) is 24.1 Å². The molecule has 0 N–H and O–H groups in total. The zero-order chi connectivity index (χ0) is 16.1. The first-order chi connectivity index (χ1) is 11.3. The number of ether oxygens (including phenoxy) is 1. The fourth-order valence-electron chi connectivity index (χ4n) is 2.58. The minimum atomic E-state index is -0.305. The highest BCUT2D eigenvalue weighted by Gasteiger charge is 2.26. The molecule has 0 spiro atoms. The van der Waals surface area contributed by atoms with Crippen LogP contribution in [0.3, 0.4) is 0 Å². The first-order valence-electron chi connectivity index (χ1n) is 7.85. The van der Waals surface area contributed by atoms with Crippen molar-refractivity contribution in [1.29, 1.82) is 0 Å². The largest absolute Gasteiger partial charge is 0.485 e. The molecule has 4 heteroatoms. The predicted molar refractivity (Wildman–Crippen MR) is 88.4 cm³/mol. The number of nitrogens with zero attached hydrogens (tertiary/aromatic N) is 1. The second-order valence-electron chi connectivity index (χ2n) is 5.47. The lowest BCUT2D eigenvalue weighted by Crippen LogP contribution is -2.21. The maximum Gasteiger partial charge on any atom is 0.335 e. The Hall–Kier alpha value is -2.62. The van der Waals surface area contributed by atoms with E-state index in [1.54, 1.807) is 0 Å². The molecule has 23 heavy (non-hydrogen) atoms. The van der Waals surface area contributed by atoms with Crippen LogP contribution in [0, 0.1) is 0 Å². The van der Waals surface area contributed by atoms with Crippen molar-refractivity contribution in [2.45, 2.75) is 32.3 Å². The Bertz CT molecular complexity index is 710. The summed E-state index contributed by atoms with van der Waals surface area (Å²) in [4.78, 5) is 16.6. The van der Waals surface area contributed by atoms with Gasteiger partial charge in [-0.3, -0.25) is 0 Å². The van der Waals surface area contributed by atoms with E-state index in [-0.39, 0.29) is 12.1 Å². The number of benzene rings is 2. The highest BCUT2D eigenvalue weighted by molar-refractivity contribution is 6.04. The molecular formula is C19H19NO3. The van der Waals surface area contributed by atoms with Crippen molar-refractivity contribution in [3.63, 3.8) is 0 Å². The van der Waals surface area contributed by atoms with Crippen LogP contribution in [-0.4, -0.2) is 11.7 Å². The number of oxime groups is 1. The zero-order valence-corrected chi connectivity index (χ0v) is 13.1. The number of hydrogen-bond donors (Lipinski definition) is 0. The van der Waals surface area contributed by atoms with Crippen LogP contribution < -0.4 is 4.74 Å². The Balaban J connectivity index is 1.88. The Morgan fingerprint density at radius 3 is 2.70 bits per heavy atom. The van der Waals surface area contributed by atoms with Gasteiger partial charge in [0.1, 0.15) is 11.9 Å². The van der Waals surface area contributed by atoms with Gasteiger partial charge >= 0.3 is 5.97 Å². The Morgan fingerprint density at radius 2 is 1.91 bits per heavy atom. The van der Waals surface area contributed by atoms with E-state index < -0.39 is 0 Å². The molecule has 118 valence electrons. The molecule has 0 saturated carbocycles. The summed E-state index contributed by atoms with van der Waals surface area (Å²) < 4.78 is 6.08. The third kappa shape index (κ3) is 3.59. The minimum Gasteiger partial charge on any atom is -0.485 e. The van der Waals surface area contributed by atoms with E-state index >= 15 is 0 Å². The molecule has 1 aliphatic rings. The zero-order valence-electron chi connectivity index (χ0n) is 13.1. The second-order valence-corrected chi connectivity index (χ2v) is 5.47. The van der Waals surface area contributed by atoms with Crippen molar-refractivity contribution in [3.8, 4) is 5.75 Å². The molecule has 0 aliphatic carbocycles. The molecule has 0 aromatic heterocycles. The molecule has 1 heterocycles. The summed E-state index contributed by atoms with van der Waals surface area (Å²) in [5.41, 5.74) is 2.70. The van der Waals surface area contributed by atoms with Crippen LogP contribution in [0.2, 0.25) is 0 Å². The third-order valence-electron chi connectivity index (χ3n) is 3.73. The van der Waals surface area contributed by atoms with E-state index in [9.17, 15) is 4.79 Å². The van der Waals surface area contributed by atoms with Crippen LogP contribution in [0.1, 0.15) is 43.4 Å². The summed E-state index contributed by atoms with van der Waals surface area (Å²) in [7, 11) is 0. The van der Waals surface area contributed by atoms with Crippen LogP contribution in [0.5, 0.6) is 5.75 Å². The van der Waals surface area contributed by atoms with Crippen LogP contribution in [0.15, 0.2) is 59.8 Å². The van der Waals surface area contributed by atoms with Crippen LogP contribution in [-0.2, 0) is 9.63 Å². The number of fused-ring (bicyclic) bond motifs is 1. The monoisotopic (exact) mass is 309 g/mol. The molecule has 2 aromatic rings. The van der Waals surface area contributed by atoms with Gasteiger partial charge < -0.3 is 9.57 Å². The first kappa shape index (κ1) is 15.3. The number of para-hydroxylation sites is 1. The Kier molecular flexibility index (Phi) is 4.71. The minimum absolute atomic E-state index is 0.130. The predicted octanol–water partition coefficient (Wildman–Crippen LogP) is 4.26. The van der Waals surface area contributed by atoms with Crippen molar-refractivity contribution >= 4 is 11.7 Å². The summed E-state index contributed by atoms with van der Waals surface area (Å²) >= 11 is 0. The number of rotatable bonds is 4. The van der Waals surface area contributed by atoms with Gasteiger partial charge in [0.2, 0.25) is 0 Å². The average molecular weight is 309 g/mol. The molecule has 4 nitrogen and oxygen atoms in total. The Morgan fingerprint density at radius 1 is 1.17 bits per heavy atom. The van der Waals surface area contributed by atoms with E-state index in [0.29, 0.717) is 12.8 Å². The molecule has 1 atom stereocenters. The number of hydrogen-bond acceptors (Lipinski definition) is 4. The van der Waals surface area contributed by atoms with Crippen molar-refractivity contribution in [2.24, 2.45) is 5.16 Å². The van der Waals surface area contributed by atoms with Crippen molar-refractivity contribution in [1.82, 2.24) is 0 Å². The lowest BCUT2D eigenvalue weighted by atomic mass is 9.96. The van der Waals surface area contributed by atoms with Gasteiger partial charge in [0.05, 0.1) is 5.71 Å². The summed E-state index contributed by atoms with van der Waals surface area (Å²) in [6.07, 6.45) is 1.56. The van der Waals surface area contributed by atoms with Gasteiger partial charge in [0, 0.05) is 18.4 Å². The number of carbonyl (C=O) groups is 1. The van der Waals surface area contributed by atoms with Gasteiger partial charge in [0.25, 0.3) is 0 Å². The fourth-order valence-corrected chi connectivity index (χ4v) is 2.58. The molecule has 0 amide bonds. The van der Waals surface area contributed by atoms with E-state index in [1.165, 1.54) is 0 Å². The van der Waals surface area contributed by atoms with Gasteiger partial charge in [0.15, 0.2) is 0 Å². The first-order valence-corrected chi connectivity index (χ1v) is 7.85. The molecular weight excluding hydrogens is 290 g/mol. The summed E-state index contributed by atoms with van der Waals surface area (Å²) in [5.74, 6) is 0.457. The van der Waals surface area contributed by atoms with E-state index in [1.807, 2.05) is 61.5 Å². The van der Waals surface area contributed by atoms with Crippen LogP contribution in [0.25, 0.3) is 0 Å². The van der Waals surface area contributed by atoms with Crippen molar-refractivity contribution in [3.05, 3.63) is 65.7 Å². The standard InChI is InChI=1S/C19H19NO3/c1-2-8-19(21)23-20-16-13-18(14-9-4-3-5-10-14)22-17-12-7-6-11-15(16)17/h3-7,9-12,18H,2,8,13H2,1H3/b20-16+/t18-/m0/s1. The van der Waals surface area contributed by atoms with Crippen LogP contribution >= 0.6 is 0 Å². The fraction of sp³-hybridized carbons (Fsp3) is 0.263. The van der Waals surface area contributed by atoms with E-state index in [0.717, 1.165) is 29.0 Å². The average Bonchev–Trinajstić information content (AvgIpc) is 2.60. The number of carbonyl (C=O) groups excluding carboxylic acids is 1. The summed E-state index contributed by atoms with van der Waals surface area (Å²) in [6, 6.07) is 17.7. The lowest BCUT2D eigenvalue weighted by Gasteiger charge is -2.27. The Labute approximate surface area is 135 Å². The molecule has 1 aliphatic heterocycles.